The highest BCUT2D eigenvalue weighted by Gasteiger charge is 2.18. The van der Waals surface area contributed by atoms with Crippen molar-refractivity contribution in [3.05, 3.63) is 47.7 Å². The van der Waals surface area contributed by atoms with Gasteiger partial charge in [-0.05, 0) is 31.2 Å². The average Bonchev–Trinajstić information content (AvgIpc) is 2.56. The monoisotopic (exact) mass is 298 g/mol. The smallest absolute Gasteiger partial charge is 0.349 e. The number of methoxy groups -OCH3 is 1. The SMILES string of the molecule is CCOc1ncccc1C(=O)Oc1ccc(C#N)cc1OC. The lowest BCUT2D eigenvalue weighted by Crippen LogP contribution is -2.12. The number of nitriles is 1. The van der Waals surface area contributed by atoms with E-state index in [0.717, 1.165) is 0 Å². The minimum Gasteiger partial charge on any atom is -0.493 e. The first kappa shape index (κ1) is 15.3. The Labute approximate surface area is 127 Å². The van der Waals surface area contributed by atoms with Crippen LogP contribution in [0.5, 0.6) is 17.4 Å². The van der Waals surface area contributed by atoms with Crippen LogP contribution >= 0.6 is 0 Å². The fourth-order valence-electron chi connectivity index (χ4n) is 1.77. The molecule has 0 aliphatic heterocycles. The first-order valence-electron chi connectivity index (χ1n) is 6.57. The summed E-state index contributed by atoms with van der Waals surface area (Å²) in [5, 5.41) is 8.87. The van der Waals surface area contributed by atoms with Gasteiger partial charge in [-0.3, -0.25) is 0 Å². The quantitative estimate of drug-likeness (QED) is 0.623. The molecular weight excluding hydrogens is 284 g/mol. The minimum atomic E-state index is -0.612. The number of carbonyl (C=O) groups excluding carboxylic acids is 1. The molecule has 0 saturated carbocycles. The largest absolute Gasteiger partial charge is 0.493 e. The van der Waals surface area contributed by atoms with Crippen LogP contribution in [0.1, 0.15) is 22.8 Å². The van der Waals surface area contributed by atoms with E-state index in [1.807, 2.05) is 6.07 Å². The molecule has 0 unspecified atom stereocenters. The van der Waals surface area contributed by atoms with E-state index < -0.39 is 5.97 Å². The normalized spacial score (nSPS) is 9.68. The van der Waals surface area contributed by atoms with Gasteiger partial charge in [-0.2, -0.15) is 5.26 Å². The number of rotatable bonds is 5. The van der Waals surface area contributed by atoms with E-state index in [-0.39, 0.29) is 17.2 Å². The molecule has 0 aliphatic carbocycles. The van der Waals surface area contributed by atoms with Crippen molar-refractivity contribution in [2.24, 2.45) is 0 Å². The highest BCUT2D eigenvalue weighted by molar-refractivity contribution is 5.93. The average molecular weight is 298 g/mol. The molecule has 112 valence electrons. The molecule has 0 fully saturated rings. The zero-order chi connectivity index (χ0) is 15.9. The molecule has 0 atom stereocenters. The minimum absolute atomic E-state index is 0.211. The maximum absolute atomic E-state index is 12.3. The number of hydrogen-bond donors (Lipinski definition) is 0. The molecule has 1 aromatic carbocycles. The maximum atomic E-state index is 12.3. The van der Waals surface area contributed by atoms with E-state index in [1.165, 1.54) is 31.5 Å². The molecule has 22 heavy (non-hydrogen) atoms. The van der Waals surface area contributed by atoms with Gasteiger partial charge in [0.25, 0.3) is 0 Å². The molecule has 0 amide bonds. The molecule has 1 heterocycles. The van der Waals surface area contributed by atoms with Crippen molar-refractivity contribution >= 4 is 5.97 Å². The van der Waals surface area contributed by atoms with Gasteiger partial charge in [-0.1, -0.05) is 0 Å². The van der Waals surface area contributed by atoms with Gasteiger partial charge in [0.05, 0.1) is 25.3 Å². The van der Waals surface area contributed by atoms with Gasteiger partial charge in [0.2, 0.25) is 5.88 Å². The summed E-state index contributed by atoms with van der Waals surface area (Å²) >= 11 is 0. The Hall–Kier alpha value is -3.07. The van der Waals surface area contributed by atoms with E-state index in [4.69, 9.17) is 19.5 Å². The zero-order valence-corrected chi connectivity index (χ0v) is 12.2. The van der Waals surface area contributed by atoms with Crippen LogP contribution in [0, 0.1) is 11.3 Å². The first-order chi connectivity index (χ1) is 10.7. The summed E-state index contributed by atoms with van der Waals surface area (Å²) in [6.07, 6.45) is 1.53. The Morgan fingerprint density at radius 2 is 2.14 bits per heavy atom. The predicted molar refractivity (Wildman–Crippen MR) is 78.1 cm³/mol. The van der Waals surface area contributed by atoms with Gasteiger partial charge in [0, 0.05) is 12.3 Å². The number of ether oxygens (including phenoxy) is 3. The van der Waals surface area contributed by atoms with Crippen LogP contribution in [-0.4, -0.2) is 24.7 Å². The summed E-state index contributed by atoms with van der Waals surface area (Å²) in [5.74, 6) is 0.120. The highest BCUT2D eigenvalue weighted by Crippen LogP contribution is 2.29. The van der Waals surface area contributed by atoms with Gasteiger partial charge in [-0.25, -0.2) is 9.78 Å². The van der Waals surface area contributed by atoms with Crippen LogP contribution in [0.2, 0.25) is 0 Å². The van der Waals surface area contributed by atoms with Gasteiger partial charge in [0.15, 0.2) is 11.5 Å². The number of carbonyl (C=O) groups is 1. The van der Waals surface area contributed by atoms with Crippen molar-refractivity contribution < 1.29 is 19.0 Å². The standard InChI is InChI=1S/C16H14N2O4/c1-3-21-15-12(5-4-8-18-15)16(19)22-13-7-6-11(10-17)9-14(13)20-2/h4-9H,3H2,1-2H3. The molecule has 6 nitrogen and oxygen atoms in total. The number of benzene rings is 1. The lowest BCUT2D eigenvalue weighted by atomic mass is 10.2. The third kappa shape index (κ3) is 3.33. The van der Waals surface area contributed by atoms with Crippen molar-refractivity contribution in [3.63, 3.8) is 0 Å². The van der Waals surface area contributed by atoms with Crippen molar-refractivity contribution in [3.8, 4) is 23.4 Å². The van der Waals surface area contributed by atoms with Crippen LogP contribution in [0.3, 0.4) is 0 Å². The number of hydrogen-bond acceptors (Lipinski definition) is 6. The van der Waals surface area contributed by atoms with E-state index in [2.05, 4.69) is 4.98 Å². The van der Waals surface area contributed by atoms with E-state index >= 15 is 0 Å². The molecule has 0 bridgehead atoms. The van der Waals surface area contributed by atoms with Crippen LogP contribution in [0.25, 0.3) is 0 Å². The van der Waals surface area contributed by atoms with Crippen LogP contribution in [0.15, 0.2) is 36.5 Å². The van der Waals surface area contributed by atoms with Crippen LogP contribution in [0.4, 0.5) is 0 Å². The number of nitrogens with zero attached hydrogens (tertiary/aromatic N) is 2. The molecule has 0 aliphatic rings. The molecular formula is C16H14N2O4. The second kappa shape index (κ2) is 7.09. The topological polar surface area (TPSA) is 81.4 Å². The summed E-state index contributed by atoms with van der Waals surface area (Å²) in [4.78, 5) is 16.3. The fourth-order valence-corrected chi connectivity index (χ4v) is 1.77. The summed E-state index contributed by atoms with van der Waals surface area (Å²) in [6, 6.07) is 9.72. The first-order valence-corrected chi connectivity index (χ1v) is 6.57. The van der Waals surface area contributed by atoms with Crippen molar-refractivity contribution in [1.29, 1.82) is 5.26 Å². The Bertz CT molecular complexity index is 722. The molecule has 0 N–H and O–H groups in total. The molecule has 0 spiro atoms. The molecule has 1 aromatic heterocycles. The van der Waals surface area contributed by atoms with Gasteiger partial charge in [0.1, 0.15) is 5.56 Å². The van der Waals surface area contributed by atoms with Crippen LogP contribution < -0.4 is 14.2 Å². The Balaban J connectivity index is 2.28. The lowest BCUT2D eigenvalue weighted by molar-refractivity contribution is 0.0724. The molecule has 2 aromatic rings. The third-order valence-electron chi connectivity index (χ3n) is 2.77. The highest BCUT2D eigenvalue weighted by atomic mass is 16.6. The summed E-state index contributed by atoms with van der Waals surface area (Å²) in [6.45, 7) is 2.19. The van der Waals surface area contributed by atoms with E-state index in [1.54, 1.807) is 19.1 Å². The van der Waals surface area contributed by atoms with Gasteiger partial charge >= 0.3 is 5.97 Å². The molecule has 2 rings (SSSR count). The van der Waals surface area contributed by atoms with Crippen molar-refractivity contribution in [1.82, 2.24) is 4.98 Å². The Morgan fingerprint density at radius 3 is 2.82 bits per heavy atom. The number of esters is 1. The predicted octanol–water partition coefficient (Wildman–Crippen LogP) is 2.58. The molecule has 6 heteroatoms. The molecule has 0 radical (unpaired) electrons. The second-order valence-corrected chi connectivity index (χ2v) is 4.16. The number of pyridine rings is 1. The Morgan fingerprint density at radius 1 is 1.32 bits per heavy atom. The summed E-state index contributed by atoms with van der Waals surface area (Å²) in [7, 11) is 1.43. The maximum Gasteiger partial charge on any atom is 0.349 e. The third-order valence-corrected chi connectivity index (χ3v) is 2.77. The summed E-state index contributed by atoms with van der Waals surface area (Å²) < 4.78 is 15.7. The van der Waals surface area contributed by atoms with E-state index in [0.29, 0.717) is 17.9 Å². The Kier molecular flexibility index (Phi) is 4.94. The fraction of sp³-hybridized carbons (Fsp3) is 0.188. The lowest BCUT2D eigenvalue weighted by Gasteiger charge is -2.11. The van der Waals surface area contributed by atoms with Gasteiger partial charge < -0.3 is 14.2 Å². The van der Waals surface area contributed by atoms with E-state index in [9.17, 15) is 4.79 Å². The second-order valence-electron chi connectivity index (χ2n) is 4.16. The zero-order valence-electron chi connectivity index (χ0n) is 12.2. The summed E-state index contributed by atoms with van der Waals surface area (Å²) in [5.41, 5.74) is 0.629. The van der Waals surface area contributed by atoms with Crippen molar-refractivity contribution in [2.45, 2.75) is 6.92 Å². The van der Waals surface area contributed by atoms with Crippen LogP contribution in [-0.2, 0) is 0 Å². The van der Waals surface area contributed by atoms with Gasteiger partial charge in [-0.15, -0.1) is 0 Å². The molecule has 0 saturated heterocycles. The van der Waals surface area contributed by atoms with Crippen molar-refractivity contribution in [2.75, 3.05) is 13.7 Å². The number of aromatic nitrogens is 1.